The predicted molar refractivity (Wildman–Crippen MR) is 63.4 cm³/mol. The topological polar surface area (TPSA) is 66.6 Å². The fourth-order valence-electron chi connectivity index (χ4n) is 1.55. The van der Waals surface area contributed by atoms with E-state index in [1.165, 1.54) is 23.5 Å². The Hall–Kier alpha value is -1.66. The van der Waals surface area contributed by atoms with Crippen LogP contribution in [0.3, 0.4) is 0 Å². The summed E-state index contributed by atoms with van der Waals surface area (Å²) >= 11 is 1.38. The fraction of sp³-hybridized carbons (Fsp3) is 0.182. The SMILES string of the molecule is CC(c1cc2cc(F)ccc2s1)N(O)C(N)=O. The van der Waals surface area contributed by atoms with Crippen LogP contribution in [0.4, 0.5) is 9.18 Å². The van der Waals surface area contributed by atoms with Gasteiger partial charge < -0.3 is 5.73 Å². The van der Waals surface area contributed by atoms with Gasteiger partial charge in [0.05, 0.1) is 6.04 Å². The molecule has 1 heterocycles. The van der Waals surface area contributed by atoms with Crippen molar-refractivity contribution < 1.29 is 14.4 Å². The Kier molecular flexibility index (Phi) is 2.99. The second-order valence-corrected chi connectivity index (χ2v) is 4.81. The third kappa shape index (κ3) is 2.22. The van der Waals surface area contributed by atoms with E-state index in [2.05, 4.69) is 0 Å². The lowest BCUT2D eigenvalue weighted by atomic mass is 10.2. The normalized spacial score (nSPS) is 12.6. The zero-order valence-electron chi connectivity index (χ0n) is 9.05. The summed E-state index contributed by atoms with van der Waals surface area (Å²) in [5, 5.41) is 10.6. The van der Waals surface area contributed by atoms with Crippen molar-refractivity contribution in [1.82, 2.24) is 5.06 Å². The van der Waals surface area contributed by atoms with E-state index in [0.717, 1.165) is 15.0 Å². The van der Waals surface area contributed by atoms with Gasteiger partial charge in [-0.1, -0.05) is 0 Å². The summed E-state index contributed by atoms with van der Waals surface area (Å²) in [4.78, 5) is 11.6. The van der Waals surface area contributed by atoms with E-state index in [0.29, 0.717) is 5.06 Å². The number of benzene rings is 1. The maximum absolute atomic E-state index is 13.0. The zero-order chi connectivity index (χ0) is 12.6. The lowest BCUT2D eigenvalue weighted by molar-refractivity contribution is -0.0700. The van der Waals surface area contributed by atoms with E-state index in [4.69, 9.17) is 5.73 Å². The number of carbonyl (C=O) groups excluding carboxylic acids is 1. The first-order chi connectivity index (χ1) is 7.99. The molecule has 0 aliphatic rings. The number of urea groups is 1. The number of nitrogens with zero attached hydrogens (tertiary/aromatic N) is 1. The van der Waals surface area contributed by atoms with Crippen LogP contribution >= 0.6 is 11.3 Å². The number of primary amides is 1. The second kappa shape index (κ2) is 4.31. The molecule has 2 amide bonds. The van der Waals surface area contributed by atoms with Gasteiger partial charge in [0.25, 0.3) is 0 Å². The number of thiophene rings is 1. The van der Waals surface area contributed by atoms with E-state index < -0.39 is 12.1 Å². The van der Waals surface area contributed by atoms with Crippen LogP contribution in [0.2, 0.25) is 0 Å². The zero-order valence-corrected chi connectivity index (χ0v) is 9.87. The minimum absolute atomic E-state index is 0.315. The number of hydroxylamine groups is 2. The third-order valence-electron chi connectivity index (χ3n) is 2.50. The molecular formula is C11H11FN2O2S. The van der Waals surface area contributed by atoms with Crippen molar-refractivity contribution in [2.45, 2.75) is 13.0 Å². The highest BCUT2D eigenvalue weighted by atomic mass is 32.1. The van der Waals surface area contributed by atoms with Crippen LogP contribution in [0, 0.1) is 5.82 Å². The molecule has 0 saturated carbocycles. The van der Waals surface area contributed by atoms with Gasteiger partial charge >= 0.3 is 6.03 Å². The Balaban J connectivity index is 2.39. The van der Waals surface area contributed by atoms with Crippen molar-refractivity contribution in [3.8, 4) is 0 Å². The maximum atomic E-state index is 13.0. The molecule has 1 aromatic carbocycles. The monoisotopic (exact) mass is 254 g/mol. The molecule has 4 nitrogen and oxygen atoms in total. The van der Waals surface area contributed by atoms with Gasteiger partial charge in [-0.15, -0.1) is 11.3 Å². The van der Waals surface area contributed by atoms with E-state index in [-0.39, 0.29) is 5.82 Å². The van der Waals surface area contributed by atoms with Gasteiger partial charge in [0.2, 0.25) is 0 Å². The minimum atomic E-state index is -0.916. The number of fused-ring (bicyclic) bond motifs is 1. The van der Waals surface area contributed by atoms with Crippen LogP contribution in [0.5, 0.6) is 0 Å². The summed E-state index contributed by atoms with van der Waals surface area (Å²) in [5.74, 6) is -0.315. The van der Waals surface area contributed by atoms with Crippen molar-refractivity contribution in [3.05, 3.63) is 35.0 Å². The lowest BCUT2D eigenvalue weighted by Crippen LogP contribution is -2.34. The molecule has 0 aliphatic heterocycles. The lowest BCUT2D eigenvalue weighted by Gasteiger charge is -2.18. The molecule has 3 N–H and O–H groups in total. The highest BCUT2D eigenvalue weighted by Gasteiger charge is 2.19. The molecule has 0 spiro atoms. The molecule has 6 heteroatoms. The van der Waals surface area contributed by atoms with Crippen LogP contribution in [-0.2, 0) is 0 Å². The van der Waals surface area contributed by atoms with E-state index in [9.17, 15) is 14.4 Å². The van der Waals surface area contributed by atoms with Gasteiger partial charge in [-0.25, -0.2) is 9.18 Å². The van der Waals surface area contributed by atoms with Gasteiger partial charge in [-0.3, -0.25) is 5.21 Å². The Labute approximate surface area is 101 Å². The summed E-state index contributed by atoms with van der Waals surface area (Å²) < 4.78 is 13.9. The highest BCUT2D eigenvalue weighted by Crippen LogP contribution is 2.32. The molecule has 1 unspecified atom stereocenters. The van der Waals surface area contributed by atoms with Gasteiger partial charge in [-0.2, -0.15) is 5.06 Å². The van der Waals surface area contributed by atoms with Crippen molar-refractivity contribution >= 4 is 27.5 Å². The van der Waals surface area contributed by atoms with Gasteiger partial charge in [-0.05, 0) is 36.6 Å². The molecule has 2 rings (SSSR count). The molecule has 0 saturated heterocycles. The van der Waals surface area contributed by atoms with Crippen molar-refractivity contribution in [2.75, 3.05) is 0 Å². The van der Waals surface area contributed by atoms with Crippen LogP contribution in [-0.4, -0.2) is 16.3 Å². The third-order valence-corrected chi connectivity index (χ3v) is 3.79. The standard InChI is InChI=1S/C11H11FN2O2S/c1-6(14(16)11(13)15)10-5-7-4-8(12)2-3-9(7)17-10/h2-6,16H,1H3,(H2,13,15). The Morgan fingerprint density at radius 1 is 1.53 bits per heavy atom. The minimum Gasteiger partial charge on any atom is -0.350 e. The fourth-order valence-corrected chi connectivity index (χ4v) is 2.63. The molecule has 0 aliphatic carbocycles. The maximum Gasteiger partial charge on any atom is 0.339 e. The largest absolute Gasteiger partial charge is 0.350 e. The molecule has 0 bridgehead atoms. The first kappa shape index (κ1) is 11.8. The highest BCUT2D eigenvalue weighted by molar-refractivity contribution is 7.19. The van der Waals surface area contributed by atoms with E-state index in [1.807, 2.05) is 0 Å². The molecule has 0 fully saturated rings. The molecule has 0 radical (unpaired) electrons. The number of rotatable bonds is 2. The van der Waals surface area contributed by atoms with Crippen molar-refractivity contribution in [3.63, 3.8) is 0 Å². The molecule has 17 heavy (non-hydrogen) atoms. The Bertz CT molecular complexity index is 570. The smallest absolute Gasteiger partial charge is 0.339 e. The van der Waals surface area contributed by atoms with Gasteiger partial charge in [0.15, 0.2) is 0 Å². The Morgan fingerprint density at radius 2 is 2.24 bits per heavy atom. The number of nitrogens with two attached hydrogens (primary N) is 1. The van der Waals surface area contributed by atoms with E-state index in [1.54, 1.807) is 19.1 Å². The number of halogens is 1. The summed E-state index contributed by atoms with van der Waals surface area (Å²) in [5.41, 5.74) is 4.97. The molecule has 1 aromatic heterocycles. The van der Waals surface area contributed by atoms with Crippen LogP contribution in [0.1, 0.15) is 17.8 Å². The summed E-state index contributed by atoms with van der Waals surface area (Å²) in [7, 11) is 0. The number of hydrogen-bond donors (Lipinski definition) is 2. The van der Waals surface area contributed by atoms with Crippen LogP contribution in [0.15, 0.2) is 24.3 Å². The van der Waals surface area contributed by atoms with Crippen LogP contribution in [0.25, 0.3) is 10.1 Å². The molecule has 1 atom stereocenters. The first-order valence-corrected chi connectivity index (χ1v) is 5.77. The molecular weight excluding hydrogens is 243 g/mol. The van der Waals surface area contributed by atoms with E-state index >= 15 is 0 Å². The summed E-state index contributed by atoms with van der Waals surface area (Å²) in [6.07, 6.45) is 0. The number of amides is 2. The second-order valence-electron chi connectivity index (χ2n) is 3.69. The van der Waals surface area contributed by atoms with Gasteiger partial charge in [0, 0.05) is 9.58 Å². The number of carbonyl (C=O) groups is 1. The summed E-state index contributed by atoms with van der Waals surface area (Å²) in [6.45, 7) is 1.64. The predicted octanol–water partition coefficient (Wildman–Crippen LogP) is 2.87. The molecule has 90 valence electrons. The first-order valence-electron chi connectivity index (χ1n) is 4.95. The summed E-state index contributed by atoms with van der Waals surface area (Å²) in [6, 6.07) is 4.72. The molecule has 2 aromatic rings. The average Bonchev–Trinajstić information content (AvgIpc) is 2.69. The quantitative estimate of drug-likeness (QED) is 0.639. The van der Waals surface area contributed by atoms with Crippen molar-refractivity contribution in [1.29, 1.82) is 0 Å². The Morgan fingerprint density at radius 3 is 2.88 bits per heavy atom. The van der Waals surface area contributed by atoms with Gasteiger partial charge in [0.1, 0.15) is 5.82 Å². The average molecular weight is 254 g/mol. The van der Waals surface area contributed by atoms with Crippen LogP contribution < -0.4 is 5.73 Å². The number of hydrogen-bond acceptors (Lipinski definition) is 3. The van der Waals surface area contributed by atoms with Crippen molar-refractivity contribution in [2.24, 2.45) is 5.73 Å².